The van der Waals surface area contributed by atoms with Crippen molar-refractivity contribution in [3.8, 4) is 11.8 Å². The van der Waals surface area contributed by atoms with E-state index in [2.05, 4.69) is 18.3 Å². The van der Waals surface area contributed by atoms with E-state index in [9.17, 15) is 10.1 Å². The fraction of sp³-hybridized carbons (Fsp3) is 0.421. The van der Waals surface area contributed by atoms with Gasteiger partial charge in [0, 0.05) is 18.8 Å². The van der Waals surface area contributed by atoms with Gasteiger partial charge in [-0.2, -0.15) is 5.26 Å². The van der Waals surface area contributed by atoms with Crippen molar-refractivity contribution >= 4 is 17.8 Å². The lowest BCUT2D eigenvalue weighted by Crippen LogP contribution is -2.77. The zero-order chi connectivity index (χ0) is 18.7. The van der Waals surface area contributed by atoms with Crippen molar-refractivity contribution in [2.45, 2.75) is 39.5 Å². The van der Waals surface area contributed by atoms with Gasteiger partial charge in [0.05, 0.1) is 19.2 Å². The van der Waals surface area contributed by atoms with E-state index in [1.165, 1.54) is 12.8 Å². The zero-order valence-corrected chi connectivity index (χ0v) is 15.2. The Bertz CT molecular complexity index is 674. The van der Waals surface area contributed by atoms with Crippen molar-refractivity contribution in [3.05, 3.63) is 35.0 Å². The summed E-state index contributed by atoms with van der Waals surface area (Å²) < 4.78 is 5.67. The number of anilines is 1. The summed E-state index contributed by atoms with van der Waals surface area (Å²) >= 11 is 0. The quantitative estimate of drug-likeness (QED) is 0.345. The topological polar surface area (TPSA) is 103 Å². The molecule has 0 aliphatic heterocycles. The van der Waals surface area contributed by atoms with Crippen molar-refractivity contribution in [1.29, 1.82) is 10.7 Å². The van der Waals surface area contributed by atoms with Crippen LogP contribution in [0.1, 0.15) is 45.1 Å². The number of ether oxygens (including phenoxy) is 1. The molecule has 0 saturated carbocycles. The smallest absolute Gasteiger partial charge is 0.262 e. The van der Waals surface area contributed by atoms with Crippen molar-refractivity contribution in [2.75, 3.05) is 19.0 Å². The van der Waals surface area contributed by atoms with E-state index in [1.807, 2.05) is 7.05 Å². The molecular formula is C19H27N4O2+. The zero-order valence-electron chi connectivity index (χ0n) is 15.2. The lowest BCUT2D eigenvalue weighted by Gasteiger charge is -2.11. The second-order valence-corrected chi connectivity index (χ2v) is 5.72. The fourth-order valence-corrected chi connectivity index (χ4v) is 2.24. The largest absolute Gasteiger partial charge is 0.492 e. The van der Waals surface area contributed by atoms with Crippen LogP contribution in [0.15, 0.2) is 29.5 Å². The van der Waals surface area contributed by atoms with Gasteiger partial charge in [0.25, 0.3) is 5.91 Å². The summed E-state index contributed by atoms with van der Waals surface area (Å²) in [6.07, 6.45) is 5.44. The highest BCUT2D eigenvalue weighted by Gasteiger charge is 2.14. The first-order chi connectivity index (χ1) is 12.1. The normalized spacial score (nSPS) is 11.3. The van der Waals surface area contributed by atoms with Gasteiger partial charge in [0.15, 0.2) is 0 Å². The summed E-state index contributed by atoms with van der Waals surface area (Å²) in [5.41, 5.74) is 1.90. The third-order valence-corrected chi connectivity index (χ3v) is 3.86. The number of quaternary nitrogens is 1. The second-order valence-electron chi connectivity index (χ2n) is 5.72. The maximum Gasteiger partial charge on any atom is 0.262 e. The van der Waals surface area contributed by atoms with Crippen LogP contribution in [-0.4, -0.2) is 25.8 Å². The van der Waals surface area contributed by atoms with Crippen LogP contribution in [0.25, 0.3) is 0 Å². The number of allylic oxidation sites excluding steroid dienone is 1. The van der Waals surface area contributed by atoms with Gasteiger partial charge in [-0.15, -0.1) is 0 Å². The molecule has 0 unspecified atom stereocenters. The number of nitrogens with one attached hydrogen (secondary N) is 2. The lowest BCUT2D eigenvalue weighted by molar-refractivity contribution is -0.576. The maximum atomic E-state index is 12.2. The number of nitrogens with two attached hydrogens (primary N) is 1. The third kappa shape index (κ3) is 6.40. The minimum absolute atomic E-state index is 0.289. The molecule has 0 spiro atoms. The molecule has 0 aromatic heterocycles. The van der Waals surface area contributed by atoms with Crippen molar-refractivity contribution in [1.82, 2.24) is 0 Å². The number of hydrogen-bond acceptors (Lipinski definition) is 4. The first-order valence-corrected chi connectivity index (χ1v) is 8.56. The first-order valence-electron chi connectivity index (χ1n) is 8.56. The molecule has 1 aromatic rings. The fourth-order valence-electron chi connectivity index (χ4n) is 2.24. The molecule has 0 saturated heterocycles. The molecule has 0 aliphatic rings. The van der Waals surface area contributed by atoms with E-state index in [1.54, 1.807) is 30.4 Å². The number of nitriles is 1. The Hall–Kier alpha value is -2.65. The Balaban J connectivity index is 2.79. The molecule has 0 heterocycles. The van der Waals surface area contributed by atoms with Gasteiger partial charge in [0.1, 0.15) is 23.1 Å². The monoisotopic (exact) mass is 343 g/mol. The van der Waals surface area contributed by atoms with E-state index in [-0.39, 0.29) is 11.5 Å². The number of unbranched alkanes of at least 4 members (excludes halogenated alkanes) is 3. The molecule has 0 aliphatic carbocycles. The van der Waals surface area contributed by atoms with E-state index < -0.39 is 0 Å². The van der Waals surface area contributed by atoms with Gasteiger partial charge in [-0.1, -0.05) is 26.2 Å². The summed E-state index contributed by atoms with van der Waals surface area (Å²) in [4.78, 5) is 12.2. The summed E-state index contributed by atoms with van der Waals surface area (Å²) in [7, 11) is 1.81. The summed E-state index contributed by atoms with van der Waals surface area (Å²) in [6.45, 7) is 4.50. The van der Waals surface area contributed by atoms with E-state index in [0.717, 1.165) is 24.8 Å². The van der Waals surface area contributed by atoms with E-state index in [0.29, 0.717) is 23.6 Å². The highest BCUT2D eigenvalue weighted by Crippen LogP contribution is 2.23. The molecule has 6 heteroatoms. The Morgan fingerprint density at radius 3 is 2.76 bits per heavy atom. The van der Waals surface area contributed by atoms with Gasteiger partial charge >= 0.3 is 0 Å². The second kappa shape index (κ2) is 11.0. The minimum Gasteiger partial charge on any atom is -0.492 e. The van der Waals surface area contributed by atoms with E-state index in [4.69, 9.17) is 10.1 Å². The first kappa shape index (κ1) is 20.4. The number of benzene rings is 1. The summed E-state index contributed by atoms with van der Waals surface area (Å²) in [6, 6.07) is 7.08. The Labute approximate surface area is 149 Å². The molecule has 1 rings (SSSR count). The van der Waals surface area contributed by atoms with Gasteiger partial charge in [-0.3, -0.25) is 4.79 Å². The van der Waals surface area contributed by atoms with Crippen LogP contribution >= 0.6 is 0 Å². The Morgan fingerprint density at radius 1 is 1.40 bits per heavy atom. The van der Waals surface area contributed by atoms with Crippen LogP contribution in [0.4, 0.5) is 5.69 Å². The van der Waals surface area contributed by atoms with E-state index >= 15 is 0 Å². The molecule has 0 bridgehead atoms. The minimum atomic E-state index is -0.372. The Kier molecular flexibility index (Phi) is 8.97. The molecule has 1 amide bonds. The van der Waals surface area contributed by atoms with Crippen molar-refractivity contribution < 1.29 is 14.8 Å². The lowest BCUT2D eigenvalue weighted by atomic mass is 10.1. The van der Waals surface area contributed by atoms with Crippen molar-refractivity contribution in [2.24, 2.45) is 0 Å². The SMILES string of the molecule is CCCCCCOc1ccc(NC(=O)/C(C=N)=C(\C)[NH2+]C)cc1C#N. The molecule has 4 N–H and O–H groups in total. The third-order valence-electron chi connectivity index (χ3n) is 3.86. The summed E-state index contributed by atoms with van der Waals surface area (Å²) in [5.74, 6) is 0.153. The average Bonchev–Trinajstić information content (AvgIpc) is 2.62. The molecule has 0 atom stereocenters. The van der Waals surface area contributed by atoms with Gasteiger partial charge in [-0.05, 0) is 24.6 Å². The molecule has 0 radical (unpaired) electrons. The molecule has 1 aromatic carbocycles. The molecule has 134 valence electrons. The number of rotatable bonds is 10. The van der Waals surface area contributed by atoms with Crippen molar-refractivity contribution in [3.63, 3.8) is 0 Å². The highest BCUT2D eigenvalue weighted by molar-refractivity contribution is 6.17. The van der Waals surface area contributed by atoms with Gasteiger partial charge in [-0.25, -0.2) is 0 Å². The number of carbonyl (C=O) groups is 1. The molecular weight excluding hydrogens is 316 g/mol. The van der Waals surface area contributed by atoms with Crippen LogP contribution in [0.3, 0.4) is 0 Å². The Morgan fingerprint density at radius 2 is 2.16 bits per heavy atom. The van der Waals surface area contributed by atoms with Crippen LogP contribution in [0.5, 0.6) is 5.75 Å². The highest BCUT2D eigenvalue weighted by atomic mass is 16.5. The average molecular weight is 343 g/mol. The van der Waals surface area contributed by atoms with Crippen LogP contribution in [-0.2, 0) is 4.79 Å². The number of carbonyl (C=O) groups excluding carboxylic acids is 1. The van der Waals surface area contributed by atoms with Gasteiger partial charge in [0.2, 0.25) is 0 Å². The van der Waals surface area contributed by atoms with Crippen LogP contribution in [0.2, 0.25) is 0 Å². The molecule has 6 nitrogen and oxygen atoms in total. The number of nitrogens with zero attached hydrogens (tertiary/aromatic N) is 1. The maximum absolute atomic E-state index is 12.2. The predicted molar refractivity (Wildman–Crippen MR) is 98.8 cm³/mol. The molecule has 25 heavy (non-hydrogen) atoms. The standard InChI is InChI=1S/C19H26N4O2/c1-4-5-6-7-10-25-18-9-8-16(11-15(18)12-20)23-19(24)17(13-21)14(2)22-3/h8-9,11,13,21-22H,4-7,10H2,1-3H3,(H,23,24)/p+1/b17-14+,21-13?. The predicted octanol–water partition coefficient (Wildman–Crippen LogP) is 2.57. The number of amides is 1. The number of hydrogen-bond donors (Lipinski definition) is 3. The molecule has 0 fully saturated rings. The van der Waals surface area contributed by atoms with Gasteiger partial charge < -0.3 is 20.8 Å². The van der Waals surface area contributed by atoms with Crippen LogP contribution in [0, 0.1) is 16.7 Å². The summed E-state index contributed by atoms with van der Waals surface area (Å²) in [5, 5.41) is 21.2. The van der Waals surface area contributed by atoms with Crippen LogP contribution < -0.4 is 15.4 Å².